The van der Waals surface area contributed by atoms with Crippen LogP contribution in [0.25, 0.3) is 0 Å². The van der Waals surface area contributed by atoms with Crippen LogP contribution < -0.4 is 10.6 Å². The number of halogens is 1. The summed E-state index contributed by atoms with van der Waals surface area (Å²) in [5.74, 6) is 3.93. The van der Waals surface area contributed by atoms with Crippen molar-refractivity contribution in [1.82, 2.24) is 10.6 Å². The van der Waals surface area contributed by atoms with E-state index in [1.807, 2.05) is 0 Å². The van der Waals surface area contributed by atoms with Crippen molar-refractivity contribution in [3.63, 3.8) is 0 Å². The highest BCUT2D eigenvalue weighted by atomic mass is 35.5. The fraction of sp³-hybridized carbons (Fsp3) is 0.929. The Labute approximate surface area is 120 Å². The van der Waals surface area contributed by atoms with Crippen molar-refractivity contribution >= 4 is 18.3 Å². The van der Waals surface area contributed by atoms with Gasteiger partial charge in [-0.3, -0.25) is 4.79 Å². The number of carbonyl (C=O) groups excluding carboxylic acids is 1. The molecule has 3 N–H and O–H groups in total. The van der Waals surface area contributed by atoms with Crippen molar-refractivity contribution in [3.8, 4) is 0 Å². The molecular formula is C14H23ClN2O2. The Morgan fingerprint density at radius 3 is 2.47 bits per heavy atom. The lowest BCUT2D eigenvalue weighted by Gasteiger charge is -2.15. The molecule has 1 saturated heterocycles. The Morgan fingerprint density at radius 1 is 1.21 bits per heavy atom. The smallest absolute Gasteiger partial charge is 0.223 e. The summed E-state index contributed by atoms with van der Waals surface area (Å²) in [6.07, 6.45) is 3.83. The van der Waals surface area contributed by atoms with Gasteiger partial charge in [-0.25, -0.2) is 0 Å². The normalized spacial score (nSPS) is 49.6. The second kappa shape index (κ2) is 4.90. The highest BCUT2D eigenvalue weighted by Crippen LogP contribution is 2.69. The average molecular weight is 287 g/mol. The molecule has 4 nitrogen and oxygen atoms in total. The molecule has 6 unspecified atom stereocenters. The van der Waals surface area contributed by atoms with Crippen LogP contribution in [0.2, 0.25) is 0 Å². The van der Waals surface area contributed by atoms with Crippen LogP contribution in [-0.2, 0) is 4.79 Å². The van der Waals surface area contributed by atoms with Crippen LogP contribution in [0, 0.1) is 35.5 Å². The molecule has 5 heteroatoms. The van der Waals surface area contributed by atoms with E-state index < -0.39 is 0 Å². The van der Waals surface area contributed by atoms with Crippen molar-refractivity contribution in [2.75, 3.05) is 19.6 Å². The number of fused-ring (bicyclic) bond motifs is 5. The largest absolute Gasteiger partial charge is 0.391 e. The highest BCUT2D eigenvalue weighted by molar-refractivity contribution is 5.85. The molecule has 2 bridgehead atoms. The first-order valence-corrected chi connectivity index (χ1v) is 7.42. The van der Waals surface area contributed by atoms with E-state index in [0.29, 0.717) is 19.0 Å². The maximum absolute atomic E-state index is 12.2. The molecule has 3 saturated carbocycles. The molecule has 0 spiro atoms. The summed E-state index contributed by atoms with van der Waals surface area (Å²) in [6, 6.07) is 0. The summed E-state index contributed by atoms with van der Waals surface area (Å²) >= 11 is 0. The van der Waals surface area contributed by atoms with Crippen LogP contribution in [0.4, 0.5) is 0 Å². The van der Waals surface area contributed by atoms with Crippen LogP contribution in [0.3, 0.4) is 0 Å². The van der Waals surface area contributed by atoms with E-state index in [9.17, 15) is 9.90 Å². The zero-order chi connectivity index (χ0) is 12.3. The number of carbonyl (C=O) groups is 1. The Morgan fingerprint density at radius 2 is 1.89 bits per heavy atom. The zero-order valence-corrected chi connectivity index (χ0v) is 11.9. The minimum atomic E-state index is -0.291. The highest BCUT2D eigenvalue weighted by Gasteiger charge is 2.67. The topological polar surface area (TPSA) is 61.4 Å². The summed E-state index contributed by atoms with van der Waals surface area (Å²) in [6.45, 7) is 2.13. The summed E-state index contributed by atoms with van der Waals surface area (Å²) in [7, 11) is 0. The second-order valence-electron chi connectivity index (χ2n) is 6.74. The molecule has 108 valence electrons. The summed E-state index contributed by atoms with van der Waals surface area (Å²) in [5.41, 5.74) is 0. The molecule has 0 aromatic rings. The van der Waals surface area contributed by atoms with Gasteiger partial charge in [0.15, 0.2) is 0 Å². The molecule has 1 amide bonds. The Hall–Kier alpha value is -0.320. The lowest BCUT2D eigenvalue weighted by molar-refractivity contribution is -0.123. The molecular weight excluding hydrogens is 264 g/mol. The molecule has 3 aliphatic carbocycles. The molecule has 0 aromatic carbocycles. The van der Waals surface area contributed by atoms with E-state index >= 15 is 0 Å². The molecule has 4 fully saturated rings. The molecule has 4 aliphatic rings. The van der Waals surface area contributed by atoms with E-state index in [4.69, 9.17) is 0 Å². The molecule has 6 atom stereocenters. The first kappa shape index (κ1) is 13.7. The summed E-state index contributed by atoms with van der Waals surface area (Å²) in [4.78, 5) is 12.2. The lowest BCUT2D eigenvalue weighted by Crippen LogP contribution is -2.36. The minimum absolute atomic E-state index is 0. The number of nitrogens with one attached hydrogen (secondary N) is 2. The van der Waals surface area contributed by atoms with Crippen molar-refractivity contribution in [1.29, 1.82) is 0 Å². The van der Waals surface area contributed by atoms with Gasteiger partial charge >= 0.3 is 0 Å². The van der Waals surface area contributed by atoms with Gasteiger partial charge in [-0.2, -0.15) is 0 Å². The molecule has 1 heterocycles. The van der Waals surface area contributed by atoms with Crippen LogP contribution in [0.15, 0.2) is 0 Å². The van der Waals surface area contributed by atoms with E-state index in [1.165, 1.54) is 19.3 Å². The zero-order valence-electron chi connectivity index (χ0n) is 11.0. The third-order valence-corrected chi connectivity index (χ3v) is 5.88. The fourth-order valence-electron chi connectivity index (χ4n) is 4.95. The van der Waals surface area contributed by atoms with E-state index in [2.05, 4.69) is 10.6 Å². The van der Waals surface area contributed by atoms with E-state index in [0.717, 1.165) is 30.2 Å². The predicted molar refractivity (Wildman–Crippen MR) is 73.9 cm³/mol. The SMILES string of the molecule is Cl.O=C(NCC1CNCC1O)C1C2C3CCC(C3)C12. The van der Waals surface area contributed by atoms with Gasteiger partial charge in [-0.05, 0) is 42.9 Å². The maximum atomic E-state index is 12.2. The van der Waals surface area contributed by atoms with Crippen LogP contribution in [-0.4, -0.2) is 36.8 Å². The molecule has 1 aliphatic heterocycles. The molecule has 4 rings (SSSR count). The number of aliphatic hydroxyl groups is 1. The summed E-state index contributed by atoms with van der Waals surface area (Å²) < 4.78 is 0. The van der Waals surface area contributed by atoms with Gasteiger partial charge in [-0.15, -0.1) is 12.4 Å². The van der Waals surface area contributed by atoms with Gasteiger partial charge in [0.2, 0.25) is 5.91 Å². The second-order valence-corrected chi connectivity index (χ2v) is 6.74. The third kappa shape index (κ3) is 2.08. The van der Waals surface area contributed by atoms with Crippen molar-refractivity contribution in [3.05, 3.63) is 0 Å². The molecule has 19 heavy (non-hydrogen) atoms. The standard InChI is InChI=1S/C14H22N2O2.ClH/c17-10-6-15-4-9(10)5-16-14(18)13-11-7-1-2-8(3-7)12(11)13;/h7-13,15,17H,1-6H2,(H,16,18);1H. The number of β-amino-alcohol motifs (C(OH)–C–C–N with tert-alkyl or cyclic N) is 1. The Kier molecular flexibility index (Phi) is 3.52. The van der Waals surface area contributed by atoms with Gasteiger partial charge in [0, 0.05) is 31.5 Å². The molecule has 0 aromatic heterocycles. The third-order valence-electron chi connectivity index (χ3n) is 5.88. The number of aliphatic hydroxyl groups excluding tert-OH is 1. The predicted octanol–water partition coefficient (Wildman–Crippen LogP) is 0.397. The molecule has 0 radical (unpaired) electrons. The van der Waals surface area contributed by atoms with Gasteiger partial charge in [0.1, 0.15) is 0 Å². The minimum Gasteiger partial charge on any atom is -0.391 e. The lowest BCUT2D eigenvalue weighted by atomic mass is 10.0. The number of hydrogen-bond donors (Lipinski definition) is 3. The van der Waals surface area contributed by atoms with E-state index in [-0.39, 0.29) is 30.3 Å². The Balaban J connectivity index is 0.00000110. The van der Waals surface area contributed by atoms with Crippen LogP contribution in [0.5, 0.6) is 0 Å². The quantitative estimate of drug-likeness (QED) is 0.704. The number of hydrogen-bond acceptors (Lipinski definition) is 3. The monoisotopic (exact) mass is 286 g/mol. The van der Waals surface area contributed by atoms with Crippen molar-refractivity contribution < 1.29 is 9.90 Å². The fourth-order valence-corrected chi connectivity index (χ4v) is 4.95. The van der Waals surface area contributed by atoms with Gasteiger partial charge in [-0.1, -0.05) is 0 Å². The first-order valence-electron chi connectivity index (χ1n) is 7.42. The average Bonchev–Trinajstić information content (AvgIpc) is 2.69. The van der Waals surface area contributed by atoms with Crippen molar-refractivity contribution in [2.45, 2.75) is 25.4 Å². The maximum Gasteiger partial charge on any atom is 0.223 e. The van der Waals surface area contributed by atoms with Gasteiger partial charge < -0.3 is 15.7 Å². The van der Waals surface area contributed by atoms with Crippen LogP contribution >= 0.6 is 12.4 Å². The van der Waals surface area contributed by atoms with Crippen molar-refractivity contribution in [2.24, 2.45) is 35.5 Å². The number of rotatable bonds is 3. The van der Waals surface area contributed by atoms with Crippen LogP contribution in [0.1, 0.15) is 19.3 Å². The summed E-state index contributed by atoms with van der Waals surface area (Å²) in [5, 5.41) is 15.9. The Bertz CT molecular complexity index is 362. The number of amides is 1. The first-order chi connectivity index (χ1) is 8.75. The van der Waals surface area contributed by atoms with E-state index in [1.54, 1.807) is 0 Å². The van der Waals surface area contributed by atoms with Gasteiger partial charge in [0.25, 0.3) is 0 Å². The van der Waals surface area contributed by atoms with Gasteiger partial charge in [0.05, 0.1) is 6.10 Å².